The molecule has 2 heterocycles. The second-order valence-electron chi connectivity index (χ2n) is 6.95. The van der Waals surface area contributed by atoms with Gasteiger partial charge in [0.2, 0.25) is 5.82 Å². The van der Waals surface area contributed by atoms with E-state index in [0.29, 0.717) is 22.9 Å². The zero-order valence-corrected chi connectivity index (χ0v) is 18.0. The molecule has 10 heteroatoms. The van der Waals surface area contributed by atoms with E-state index in [9.17, 15) is 9.59 Å². The molecule has 1 N–H and O–H groups in total. The quantitative estimate of drug-likeness (QED) is 0.592. The average Bonchev–Trinajstić information content (AvgIpc) is 2.86. The lowest BCUT2D eigenvalue weighted by Crippen LogP contribution is -2.35. The zero-order valence-electron chi connectivity index (χ0n) is 18.0. The number of benzene rings is 2. The standard InChI is InChI=1S/C23H21N5O5/c1-31-19-9-6-16(12-20(19)32-2)18-14-33-23(30)28(27-18)13-15-4-7-17(8-5-15)26-22(29)21-24-10-3-11-25-21/h3-12H,13-14H2,1-2H3,(H,26,29). The Morgan fingerprint density at radius 2 is 1.79 bits per heavy atom. The van der Waals surface area contributed by atoms with Crippen molar-refractivity contribution in [2.75, 3.05) is 26.1 Å². The lowest BCUT2D eigenvalue weighted by Gasteiger charge is -2.24. The Kier molecular flexibility index (Phi) is 6.44. The molecule has 10 nitrogen and oxygen atoms in total. The molecular formula is C23H21N5O5. The van der Waals surface area contributed by atoms with Gasteiger partial charge in [-0.25, -0.2) is 14.8 Å². The van der Waals surface area contributed by atoms with Crippen molar-refractivity contribution in [1.29, 1.82) is 0 Å². The second-order valence-corrected chi connectivity index (χ2v) is 6.95. The van der Waals surface area contributed by atoms with Crippen LogP contribution in [0.2, 0.25) is 0 Å². The van der Waals surface area contributed by atoms with Crippen molar-refractivity contribution >= 4 is 23.4 Å². The van der Waals surface area contributed by atoms with Crippen LogP contribution < -0.4 is 14.8 Å². The van der Waals surface area contributed by atoms with E-state index in [0.717, 1.165) is 11.1 Å². The third-order valence-corrected chi connectivity index (χ3v) is 4.81. The number of hydrazone groups is 1. The summed E-state index contributed by atoms with van der Waals surface area (Å²) in [5.74, 6) is 0.819. The van der Waals surface area contributed by atoms with Gasteiger partial charge >= 0.3 is 6.09 Å². The first-order valence-electron chi connectivity index (χ1n) is 9.99. The number of cyclic esters (lactones) is 1. The molecule has 0 atom stereocenters. The molecule has 4 rings (SSSR count). The van der Waals surface area contributed by atoms with Gasteiger partial charge in [-0.1, -0.05) is 12.1 Å². The van der Waals surface area contributed by atoms with Crippen LogP contribution in [0.5, 0.6) is 11.5 Å². The van der Waals surface area contributed by atoms with Crippen LogP contribution >= 0.6 is 0 Å². The maximum absolute atomic E-state index is 12.2. The summed E-state index contributed by atoms with van der Waals surface area (Å²) < 4.78 is 15.9. The molecule has 0 bridgehead atoms. The van der Waals surface area contributed by atoms with Crippen LogP contribution in [0.25, 0.3) is 0 Å². The second kappa shape index (κ2) is 9.77. The molecule has 0 aliphatic carbocycles. The smallest absolute Gasteiger partial charge is 0.431 e. The van der Waals surface area contributed by atoms with Crippen LogP contribution in [-0.4, -0.2) is 53.5 Å². The Balaban J connectivity index is 1.46. The summed E-state index contributed by atoms with van der Waals surface area (Å²) in [6.07, 6.45) is 2.46. The summed E-state index contributed by atoms with van der Waals surface area (Å²) in [7, 11) is 3.11. The molecule has 2 amide bonds. The molecule has 0 saturated heterocycles. The number of hydrogen-bond acceptors (Lipinski definition) is 8. The number of ether oxygens (including phenoxy) is 3. The Bertz CT molecular complexity index is 1180. The van der Waals surface area contributed by atoms with Crippen molar-refractivity contribution in [3.63, 3.8) is 0 Å². The molecule has 168 valence electrons. The van der Waals surface area contributed by atoms with E-state index in [2.05, 4.69) is 20.4 Å². The van der Waals surface area contributed by atoms with E-state index in [4.69, 9.17) is 14.2 Å². The maximum atomic E-state index is 12.2. The van der Waals surface area contributed by atoms with Gasteiger partial charge in [-0.05, 0) is 42.0 Å². The summed E-state index contributed by atoms with van der Waals surface area (Å²) >= 11 is 0. The molecule has 33 heavy (non-hydrogen) atoms. The molecule has 1 aliphatic rings. The van der Waals surface area contributed by atoms with E-state index in [1.54, 1.807) is 56.7 Å². The predicted octanol–water partition coefficient (Wildman–Crippen LogP) is 3.10. The molecule has 3 aromatic rings. The number of carbonyl (C=O) groups excluding carboxylic acids is 2. The molecule has 1 aromatic heterocycles. The van der Waals surface area contributed by atoms with Gasteiger partial charge in [0.15, 0.2) is 11.5 Å². The van der Waals surface area contributed by atoms with Crippen molar-refractivity contribution in [3.8, 4) is 11.5 Å². The van der Waals surface area contributed by atoms with Gasteiger partial charge in [-0.3, -0.25) is 4.79 Å². The van der Waals surface area contributed by atoms with Crippen LogP contribution in [0.1, 0.15) is 21.7 Å². The lowest BCUT2D eigenvalue weighted by atomic mass is 10.1. The summed E-state index contributed by atoms with van der Waals surface area (Å²) in [5.41, 5.74) is 2.72. The van der Waals surface area contributed by atoms with Crippen LogP contribution in [-0.2, 0) is 11.3 Å². The van der Waals surface area contributed by atoms with Gasteiger partial charge in [-0.2, -0.15) is 10.1 Å². The molecule has 2 aromatic carbocycles. The Morgan fingerprint density at radius 1 is 1.06 bits per heavy atom. The predicted molar refractivity (Wildman–Crippen MR) is 119 cm³/mol. The van der Waals surface area contributed by atoms with Gasteiger partial charge in [0.25, 0.3) is 5.91 Å². The topological polar surface area (TPSA) is 115 Å². The van der Waals surface area contributed by atoms with Crippen molar-refractivity contribution in [3.05, 3.63) is 77.9 Å². The number of amides is 2. The number of aromatic nitrogens is 2. The third kappa shape index (κ3) is 5.06. The Hall–Kier alpha value is -4.47. The molecule has 0 radical (unpaired) electrons. The van der Waals surface area contributed by atoms with Crippen molar-refractivity contribution in [1.82, 2.24) is 15.0 Å². The summed E-state index contributed by atoms with van der Waals surface area (Å²) in [6, 6.07) is 14.0. The summed E-state index contributed by atoms with van der Waals surface area (Å²) in [5, 5.41) is 8.44. The van der Waals surface area contributed by atoms with Crippen LogP contribution in [0.4, 0.5) is 10.5 Å². The largest absolute Gasteiger partial charge is 0.493 e. The number of rotatable bonds is 7. The third-order valence-electron chi connectivity index (χ3n) is 4.81. The maximum Gasteiger partial charge on any atom is 0.431 e. The van der Waals surface area contributed by atoms with Gasteiger partial charge in [0, 0.05) is 23.6 Å². The SMILES string of the molecule is COc1ccc(C2=NN(Cc3ccc(NC(=O)c4ncccn4)cc3)C(=O)OC2)cc1OC. The molecule has 0 saturated carbocycles. The minimum absolute atomic E-state index is 0.0529. The first-order valence-corrected chi connectivity index (χ1v) is 9.99. The van der Waals surface area contributed by atoms with Gasteiger partial charge in [-0.15, -0.1) is 0 Å². The molecular weight excluding hydrogens is 426 g/mol. The first-order chi connectivity index (χ1) is 16.1. The van der Waals surface area contributed by atoms with E-state index in [1.165, 1.54) is 17.4 Å². The van der Waals surface area contributed by atoms with Crippen molar-refractivity contribution in [2.45, 2.75) is 6.54 Å². The Morgan fingerprint density at radius 3 is 2.48 bits per heavy atom. The highest BCUT2D eigenvalue weighted by Crippen LogP contribution is 2.28. The number of carbonyl (C=O) groups is 2. The average molecular weight is 447 g/mol. The molecule has 0 fully saturated rings. The zero-order chi connectivity index (χ0) is 23.2. The number of hydrogen-bond donors (Lipinski definition) is 1. The number of anilines is 1. The van der Waals surface area contributed by atoms with E-state index >= 15 is 0 Å². The van der Waals surface area contributed by atoms with Crippen LogP contribution in [0.15, 0.2) is 66.0 Å². The minimum atomic E-state index is -0.544. The van der Waals surface area contributed by atoms with Gasteiger partial charge in [0.1, 0.15) is 12.3 Å². The number of methoxy groups -OCH3 is 2. The van der Waals surface area contributed by atoms with Crippen molar-refractivity contribution < 1.29 is 23.8 Å². The highest BCUT2D eigenvalue weighted by atomic mass is 16.6. The van der Waals surface area contributed by atoms with Crippen LogP contribution in [0, 0.1) is 0 Å². The highest BCUT2D eigenvalue weighted by Gasteiger charge is 2.23. The summed E-state index contributed by atoms with van der Waals surface area (Å²) in [6.45, 7) is 0.253. The van der Waals surface area contributed by atoms with E-state index < -0.39 is 12.0 Å². The molecule has 1 aliphatic heterocycles. The fourth-order valence-corrected chi connectivity index (χ4v) is 3.15. The van der Waals surface area contributed by atoms with E-state index in [-0.39, 0.29) is 19.0 Å². The minimum Gasteiger partial charge on any atom is -0.493 e. The van der Waals surface area contributed by atoms with E-state index in [1.807, 2.05) is 6.07 Å². The first kappa shape index (κ1) is 21.8. The van der Waals surface area contributed by atoms with Gasteiger partial charge in [0.05, 0.1) is 20.8 Å². The summed E-state index contributed by atoms with van der Waals surface area (Å²) in [4.78, 5) is 32.3. The normalized spacial score (nSPS) is 13.1. The fourth-order valence-electron chi connectivity index (χ4n) is 3.15. The Labute approximate surface area is 189 Å². The lowest BCUT2D eigenvalue weighted by molar-refractivity contribution is 0.101. The highest BCUT2D eigenvalue weighted by molar-refractivity contribution is 6.04. The monoisotopic (exact) mass is 447 g/mol. The number of nitrogens with one attached hydrogen (secondary N) is 1. The van der Waals surface area contributed by atoms with Gasteiger partial charge < -0.3 is 19.5 Å². The number of nitrogens with zero attached hydrogens (tertiary/aromatic N) is 4. The van der Waals surface area contributed by atoms with Crippen LogP contribution in [0.3, 0.4) is 0 Å². The molecule has 0 spiro atoms. The molecule has 0 unspecified atom stereocenters. The van der Waals surface area contributed by atoms with Crippen molar-refractivity contribution in [2.24, 2.45) is 5.10 Å². The fraction of sp³-hybridized carbons (Fsp3) is 0.174.